The first-order chi connectivity index (χ1) is 14.4. The minimum absolute atomic E-state index is 0.123. The van der Waals surface area contributed by atoms with Gasteiger partial charge in [-0.2, -0.15) is 0 Å². The summed E-state index contributed by atoms with van der Waals surface area (Å²) < 4.78 is 5.99. The van der Waals surface area contributed by atoms with E-state index in [0.717, 1.165) is 20.5 Å². The molecule has 2 N–H and O–H groups in total. The molecule has 0 bridgehead atoms. The fourth-order valence-electron chi connectivity index (χ4n) is 3.37. The number of rotatable bonds is 6. The van der Waals surface area contributed by atoms with Crippen LogP contribution in [0.4, 0.5) is 0 Å². The number of benzene rings is 1. The Labute approximate surface area is 188 Å². The second-order valence-corrected chi connectivity index (χ2v) is 9.72. The number of carbonyl (C=O) groups excluding carboxylic acids is 3. The number of cyclic esters (lactones) is 1. The summed E-state index contributed by atoms with van der Waals surface area (Å²) in [4.78, 5) is 37.7. The molecule has 2 amide bonds. The molecule has 0 radical (unpaired) electrons. The van der Waals surface area contributed by atoms with Gasteiger partial charge in [0.2, 0.25) is 5.91 Å². The summed E-state index contributed by atoms with van der Waals surface area (Å²) in [6, 6.07) is 9.19. The van der Waals surface area contributed by atoms with Crippen LogP contribution < -0.4 is 10.6 Å². The highest BCUT2D eigenvalue weighted by atomic mass is 79.9. The van der Waals surface area contributed by atoms with E-state index in [4.69, 9.17) is 4.74 Å². The zero-order valence-electron chi connectivity index (χ0n) is 17.0. The number of ether oxygens (including phenoxy) is 1. The van der Waals surface area contributed by atoms with Crippen molar-refractivity contribution in [3.05, 3.63) is 55.7 Å². The Morgan fingerprint density at radius 2 is 1.93 bits per heavy atom. The molecule has 0 saturated carbocycles. The van der Waals surface area contributed by atoms with Crippen molar-refractivity contribution >= 4 is 45.1 Å². The molecule has 2 atom stereocenters. The van der Waals surface area contributed by atoms with E-state index in [1.807, 2.05) is 44.2 Å². The molecular weight excluding hydrogens is 468 g/mol. The van der Waals surface area contributed by atoms with Crippen molar-refractivity contribution in [1.82, 2.24) is 10.6 Å². The fraction of sp³-hybridized carbons (Fsp3) is 0.409. The Morgan fingerprint density at radius 1 is 1.20 bits per heavy atom. The lowest BCUT2D eigenvalue weighted by Crippen LogP contribution is -2.40. The van der Waals surface area contributed by atoms with Crippen molar-refractivity contribution in [2.45, 2.75) is 39.2 Å². The van der Waals surface area contributed by atoms with E-state index in [1.165, 1.54) is 11.3 Å². The lowest BCUT2D eigenvalue weighted by atomic mass is 9.98. The molecule has 8 heteroatoms. The minimum atomic E-state index is -0.368. The first kappa shape index (κ1) is 22.5. The second-order valence-electron chi connectivity index (χ2n) is 7.38. The predicted molar refractivity (Wildman–Crippen MR) is 119 cm³/mol. The molecule has 2 heterocycles. The third kappa shape index (κ3) is 5.49. The predicted octanol–water partition coefficient (Wildman–Crippen LogP) is 4.06. The highest BCUT2D eigenvalue weighted by molar-refractivity contribution is 9.11. The van der Waals surface area contributed by atoms with E-state index in [1.54, 1.807) is 0 Å². The third-order valence-electron chi connectivity index (χ3n) is 5.38. The van der Waals surface area contributed by atoms with Crippen LogP contribution >= 0.6 is 27.3 Å². The molecular formula is C22H25BrN2O4S. The Kier molecular flexibility index (Phi) is 7.66. The van der Waals surface area contributed by atoms with E-state index < -0.39 is 0 Å². The highest BCUT2D eigenvalue weighted by Crippen LogP contribution is 2.32. The van der Waals surface area contributed by atoms with Crippen molar-refractivity contribution in [3.8, 4) is 0 Å². The van der Waals surface area contributed by atoms with Crippen LogP contribution in [-0.4, -0.2) is 30.9 Å². The van der Waals surface area contributed by atoms with Gasteiger partial charge in [0, 0.05) is 18.9 Å². The first-order valence-corrected chi connectivity index (χ1v) is 11.5. The molecule has 160 valence electrons. The Bertz CT molecular complexity index is 929. The average Bonchev–Trinajstić information content (AvgIpc) is 2.90. The normalized spacial score (nSPS) is 17.6. The lowest BCUT2D eigenvalue weighted by Gasteiger charge is -2.22. The van der Waals surface area contributed by atoms with Crippen molar-refractivity contribution in [2.75, 3.05) is 13.2 Å². The largest absolute Gasteiger partial charge is 0.466 e. The van der Waals surface area contributed by atoms with Crippen LogP contribution in [0.1, 0.15) is 51.7 Å². The zero-order chi connectivity index (χ0) is 21.7. The molecule has 6 nitrogen and oxygen atoms in total. The molecule has 30 heavy (non-hydrogen) atoms. The molecule has 1 aliphatic rings. The summed E-state index contributed by atoms with van der Waals surface area (Å²) in [5.74, 6) is -0.821. The fourth-order valence-corrected chi connectivity index (χ4v) is 5.10. The van der Waals surface area contributed by atoms with Crippen molar-refractivity contribution < 1.29 is 19.1 Å². The number of carbonyl (C=O) groups is 3. The first-order valence-electron chi connectivity index (χ1n) is 9.91. The number of halogens is 1. The van der Waals surface area contributed by atoms with Gasteiger partial charge in [-0.1, -0.05) is 30.3 Å². The zero-order valence-corrected chi connectivity index (χ0v) is 19.4. The van der Waals surface area contributed by atoms with E-state index in [9.17, 15) is 14.4 Å². The monoisotopic (exact) mass is 492 g/mol. The van der Waals surface area contributed by atoms with Gasteiger partial charge in [-0.3, -0.25) is 14.4 Å². The number of nitrogens with one attached hydrogen (secondary N) is 2. The topological polar surface area (TPSA) is 84.5 Å². The molecule has 2 unspecified atom stereocenters. The molecule has 1 aliphatic heterocycles. The lowest BCUT2D eigenvalue weighted by molar-refractivity contribution is -0.142. The quantitative estimate of drug-likeness (QED) is 0.595. The summed E-state index contributed by atoms with van der Waals surface area (Å²) in [6.07, 6.45) is 1.23. The maximum absolute atomic E-state index is 12.9. The molecule has 3 rings (SSSR count). The number of amides is 2. The van der Waals surface area contributed by atoms with E-state index >= 15 is 0 Å². The smallest absolute Gasteiger partial charge is 0.305 e. The molecule has 1 aromatic carbocycles. The van der Waals surface area contributed by atoms with Crippen molar-refractivity contribution in [3.63, 3.8) is 0 Å². The van der Waals surface area contributed by atoms with Gasteiger partial charge in [0.1, 0.15) is 0 Å². The van der Waals surface area contributed by atoms with Gasteiger partial charge >= 0.3 is 5.97 Å². The van der Waals surface area contributed by atoms with Crippen LogP contribution in [0.2, 0.25) is 0 Å². The Balaban J connectivity index is 1.70. The van der Waals surface area contributed by atoms with Crippen LogP contribution in [0.25, 0.3) is 0 Å². The molecule has 1 saturated heterocycles. The summed E-state index contributed by atoms with van der Waals surface area (Å²) in [6.45, 7) is 4.43. The number of thiophene rings is 1. The molecule has 1 aromatic heterocycles. The van der Waals surface area contributed by atoms with Crippen LogP contribution in [0.5, 0.6) is 0 Å². The van der Waals surface area contributed by atoms with Gasteiger partial charge in [0.05, 0.1) is 21.3 Å². The van der Waals surface area contributed by atoms with E-state index in [0.29, 0.717) is 17.7 Å². The van der Waals surface area contributed by atoms with Crippen molar-refractivity contribution in [2.24, 2.45) is 5.92 Å². The number of hydrogen-bond acceptors (Lipinski definition) is 5. The van der Waals surface area contributed by atoms with Gasteiger partial charge in [-0.25, -0.2) is 0 Å². The number of esters is 1. The van der Waals surface area contributed by atoms with Gasteiger partial charge in [0.25, 0.3) is 5.91 Å². The van der Waals surface area contributed by atoms with Crippen LogP contribution in [0, 0.1) is 19.8 Å². The SMILES string of the molecule is Cc1c(Br)sc(C(=O)NCC(NC(=O)C2CCOC(=O)CC2)c2ccccc2)c1C. The summed E-state index contributed by atoms with van der Waals surface area (Å²) in [5, 5.41) is 6.02. The maximum atomic E-state index is 12.9. The highest BCUT2D eigenvalue weighted by Gasteiger charge is 2.26. The summed E-state index contributed by atoms with van der Waals surface area (Å²) in [7, 11) is 0. The molecule has 2 aromatic rings. The average molecular weight is 493 g/mol. The molecule has 0 spiro atoms. The van der Waals surface area contributed by atoms with Crippen molar-refractivity contribution in [1.29, 1.82) is 0 Å². The van der Waals surface area contributed by atoms with Crippen LogP contribution in [0.15, 0.2) is 34.1 Å². The number of hydrogen-bond donors (Lipinski definition) is 2. The van der Waals surface area contributed by atoms with Gasteiger partial charge in [-0.15, -0.1) is 11.3 Å². The minimum Gasteiger partial charge on any atom is -0.466 e. The third-order valence-corrected chi connectivity index (χ3v) is 7.64. The second kappa shape index (κ2) is 10.2. The maximum Gasteiger partial charge on any atom is 0.305 e. The van der Waals surface area contributed by atoms with Crippen LogP contribution in [-0.2, 0) is 14.3 Å². The van der Waals surface area contributed by atoms with Crippen LogP contribution in [0.3, 0.4) is 0 Å². The van der Waals surface area contributed by atoms with Gasteiger partial charge in [0.15, 0.2) is 0 Å². The van der Waals surface area contributed by atoms with E-state index in [-0.39, 0.29) is 49.3 Å². The summed E-state index contributed by atoms with van der Waals surface area (Å²) >= 11 is 4.89. The van der Waals surface area contributed by atoms with Gasteiger partial charge < -0.3 is 15.4 Å². The molecule has 1 fully saturated rings. The van der Waals surface area contributed by atoms with E-state index in [2.05, 4.69) is 26.6 Å². The summed E-state index contributed by atoms with van der Waals surface area (Å²) in [5.41, 5.74) is 2.92. The Hall–Kier alpha value is -2.19. The molecule has 0 aliphatic carbocycles. The van der Waals surface area contributed by atoms with Gasteiger partial charge in [-0.05, 0) is 59.3 Å². The Morgan fingerprint density at radius 3 is 2.60 bits per heavy atom. The standard InChI is InChI=1S/C22H25BrN2O4S/c1-13-14(2)20(23)30-19(13)22(28)24-12-17(15-6-4-3-5-7-15)25-21(27)16-8-9-18(26)29-11-10-16/h3-7,16-17H,8-12H2,1-2H3,(H,24,28)(H,25,27).